The first-order chi connectivity index (χ1) is 9.83. The summed E-state index contributed by atoms with van der Waals surface area (Å²) in [6.07, 6.45) is 6.07. The van der Waals surface area contributed by atoms with Gasteiger partial charge in [-0.15, -0.1) is 0 Å². The van der Waals surface area contributed by atoms with Crippen LogP contribution in [0.4, 0.5) is 0 Å². The molecule has 1 saturated heterocycles. The van der Waals surface area contributed by atoms with Crippen LogP contribution in [0.3, 0.4) is 0 Å². The first kappa shape index (κ1) is 13.9. The van der Waals surface area contributed by atoms with Crippen molar-refractivity contribution in [3.05, 3.63) is 29.8 Å². The Morgan fingerprint density at radius 3 is 2.80 bits per heavy atom. The number of ether oxygens (including phenoxy) is 1. The number of hydrogen-bond donors (Lipinski definition) is 1. The normalized spacial score (nSPS) is 24.1. The van der Waals surface area contributed by atoms with Gasteiger partial charge in [-0.05, 0) is 69.3 Å². The Bertz CT molecular complexity index is 427. The van der Waals surface area contributed by atoms with Crippen LogP contribution in [0.1, 0.15) is 43.6 Å². The van der Waals surface area contributed by atoms with Crippen LogP contribution in [0, 0.1) is 0 Å². The molecule has 2 aliphatic heterocycles. The highest BCUT2D eigenvalue weighted by atomic mass is 16.5. The lowest BCUT2D eigenvalue weighted by atomic mass is 9.89. The summed E-state index contributed by atoms with van der Waals surface area (Å²) in [6, 6.07) is 8.98. The van der Waals surface area contributed by atoms with E-state index in [1.165, 1.54) is 57.3 Å². The molecule has 20 heavy (non-hydrogen) atoms. The van der Waals surface area contributed by atoms with E-state index in [1.807, 2.05) is 0 Å². The Kier molecular flexibility index (Phi) is 4.58. The lowest BCUT2D eigenvalue weighted by molar-refractivity contribution is 0.203. The molecule has 1 unspecified atom stereocenters. The molecular formula is C17H26N2O. The van der Waals surface area contributed by atoms with Crippen LogP contribution < -0.4 is 10.5 Å². The number of fused-ring (bicyclic) bond motifs is 1. The molecule has 0 aromatic heterocycles. The second-order valence-electron chi connectivity index (χ2n) is 6.19. The quantitative estimate of drug-likeness (QED) is 0.917. The van der Waals surface area contributed by atoms with Gasteiger partial charge in [0.05, 0.1) is 6.61 Å². The van der Waals surface area contributed by atoms with E-state index in [0.29, 0.717) is 12.0 Å². The number of rotatable bonds is 4. The minimum absolute atomic E-state index is 0.439. The van der Waals surface area contributed by atoms with Crippen molar-refractivity contribution in [1.82, 2.24) is 4.90 Å². The number of hydrogen-bond acceptors (Lipinski definition) is 3. The minimum atomic E-state index is 0.439. The fourth-order valence-electron chi connectivity index (χ4n) is 3.45. The molecule has 0 aliphatic carbocycles. The second kappa shape index (κ2) is 6.59. The van der Waals surface area contributed by atoms with Crippen LogP contribution >= 0.6 is 0 Å². The topological polar surface area (TPSA) is 38.5 Å². The summed E-state index contributed by atoms with van der Waals surface area (Å²) < 4.78 is 5.74. The number of benzene rings is 1. The molecule has 0 spiro atoms. The number of nitrogens with two attached hydrogens (primary N) is 1. The maximum Gasteiger partial charge on any atom is 0.122 e. The summed E-state index contributed by atoms with van der Waals surface area (Å²) >= 11 is 0. The monoisotopic (exact) mass is 274 g/mol. The van der Waals surface area contributed by atoms with Crippen LogP contribution in [-0.4, -0.2) is 37.2 Å². The molecular weight excluding hydrogens is 248 g/mol. The third-order valence-electron chi connectivity index (χ3n) is 4.74. The molecule has 3 nitrogen and oxygen atoms in total. The lowest BCUT2D eigenvalue weighted by Gasteiger charge is -2.31. The van der Waals surface area contributed by atoms with Gasteiger partial charge in [-0.1, -0.05) is 18.2 Å². The van der Waals surface area contributed by atoms with Crippen molar-refractivity contribution in [3.8, 4) is 5.75 Å². The number of para-hydroxylation sites is 1. The molecule has 2 aliphatic rings. The van der Waals surface area contributed by atoms with Gasteiger partial charge in [-0.2, -0.15) is 0 Å². The average molecular weight is 274 g/mol. The molecule has 0 amide bonds. The largest absolute Gasteiger partial charge is 0.493 e. The van der Waals surface area contributed by atoms with E-state index in [2.05, 4.69) is 29.2 Å². The minimum Gasteiger partial charge on any atom is -0.493 e. The molecule has 1 atom stereocenters. The summed E-state index contributed by atoms with van der Waals surface area (Å²) in [4.78, 5) is 2.58. The Labute approximate surface area is 122 Å². The molecule has 0 radical (unpaired) electrons. The van der Waals surface area contributed by atoms with Gasteiger partial charge in [0.2, 0.25) is 0 Å². The first-order valence-electron chi connectivity index (χ1n) is 8.02. The van der Waals surface area contributed by atoms with Crippen molar-refractivity contribution < 1.29 is 4.74 Å². The van der Waals surface area contributed by atoms with E-state index in [9.17, 15) is 0 Å². The summed E-state index contributed by atoms with van der Waals surface area (Å²) in [5.74, 6) is 1.79. The highest BCUT2D eigenvalue weighted by Gasteiger charge is 2.21. The molecule has 1 fully saturated rings. The fraction of sp³-hybridized carbons (Fsp3) is 0.647. The van der Waals surface area contributed by atoms with E-state index < -0.39 is 0 Å². The number of likely N-dealkylation sites (tertiary alicyclic amines) is 1. The SMILES string of the molecule is NC1CCN(CCCC2CCOc3ccccc32)CC1. The Morgan fingerprint density at radius 2 is 1.95 bits per heavy atom. The smallest absolute Gasteiger partial charge is 0.122 e. The van der Waals surface area contributed by atoms with Gasteiger partial charge in [0.25, 0.3) is 0 Å². The van der Waals surface area contributed by atoms with Crippen molar-refractivity contribution in [1.29, 1.82) is 0 Å². The average Bonchev–Trinajstić information content (AvgIpc) is 2.49. The van der Waals surface area contributed by atoms with Gasteiger partial charge in [0.15, 0.2) is 0 Å². The van der Waals surface area contributed by atoms with Crippen molar-refractivity contribution in [2.45, 2.75) is 44.1 Å². The van der Waals surface area contributed by atoms with Crippen LogP contribution in [0.2, 0.25) is 0 Å². The highest BCUT2D eigenvalue weighted by molar-refractivity contribution is 5.37. The van der Waals surface area contributed by atoms with Crippen LogP contribution in [-0.2, 0) is 0 Å². The van der Waals surface area contributed by atoms with Gasteiger partial charge in [-0.25, -0.2) is 0 Å². The summed E-state index contributed by atoms with van der Waals surface area (Å²) in [7, 11) is 0. The van der Waals surface area contributed by atoms with E-state index in [1.54, 1.807) is 0 Å². The van der Waals surface area contributed by atoms with Crippen LogP contribution in [0.5, 0.6) is 5.75 Å². The van der Waals surface area contributed by atoms with Gasteiger partial charge < -0.3 is 15.4 Å². The van der Waals surface area contributed by atoms with Gasteiger partial charge in [-0.3, -0.25) is 0 Å². The molecule has 3 heteroatoms. The molecule has 2 N–H and O–H groups in total. The standard InChI is InChI=1S/C17H26N2O/c18-15-7-11-19(12-8-15)10-3-4-14-9-13-20-17-6-2-1-5-16(14)17/h1-2,5-6,14-15H,3-4,7-13,18H2. The second-order valence-corrected chi connectivity index (χ2v) is 6.19. The Hall–Kier alpha value is -1.06. The van der Waals surface area contributed by atoms with E-state index >= 15 is 0 Å². The maximum absolute atomic E-state index is 5.96. The zero-order valence-electron chi connectivity index (χ0n) is 12.3. The molecule has 0 bridgehead atoms. The van der Waals surface area contributed by atoms with Crippen molar-refractivity contribution >= 4 is 0 Å². The molecule has 1 aromatic rings. The number of piperidine rings is 1. The van der Waals surface area contributed by atoms with Crippen molar-refractivity contribution in [2.24, 2.45) is 5.73 Å². The van der Waals surface area contributed by atoms with E-state index in [0.717, 1.165) is 12.4 Å². The van der Waals surface area contributed by atoms with Gasteiger partial charge >= 0.3 is 0 Å². The molecule has 2 heterocycles. The maximum atomic E-state index is 5.96. The zero-order chi connectivity index (χ0) is 13.8. The molecule has 1 aromatic carbocycles. The van der Waals surface area contributed by atoms with E-state index in [-0.39, 0.29) is 0 Å². The number of nitrogens with zero attached hydrogens (tertiary/aromatic N) is 1. The Balaban J connectivity index is 1.47. The van der Waals surface area contributed by atoms with Gasteiger partial charge in [0, 0.05) is 6.04 Å². The van der Waals surface area contributed by atoms with Gasteiger partial charge in [0.1, 0.15) is 5.75 Å². The van der Waals surface area contributed by atoms with Crippen LogP contribution in [0.25, 0.3) is 0 Å². The van der Waals surface area contributed by atoms with Crippen molar-refractivity contribution in [2.75, 3.05) is 26.2 Å². The predicted octanol–water partition coefficient (Wildman–Crippen LogP) is 2.76. The highest BCUT2D eigenvalue weighted by Crippen LogP contribution is 2.36. The fourth-order valence-corrected chi connectivity index (χ4v) is 3.45. The predicted molar refractivity (Wildman–Crippen MR) is 82.2 cm³/mol. The third kappa shape index (κ3) is 3.33. The third-order valence-corrected chi connectivity index (χ3v) is 4.74. The summed E-state index contributed by atoms with van der Waals surface area (Å²) in [5, 5.41) is 0. The van der Waals surface area contributed by atoms with Crippen molar-refractivity contribution in [3.63, 3.8) is 0 Å². The van der Waals surface area contributed by atoms with E-state index in [4.69, 9.17) is 10.5 Å². The lowest BCUT2D eigenvalue weighted by Crippen LogP contribution is -2.40. The molecule has 3 rings (SSSR count). The molecule has 110 valence electrons. The van der Waals surface area contributed by atoms with Crippen LogP contribution in [0.15, 0.2) is 24.3 Å². The summed E-state index contributed by atoms with van der Waals surface area (Å²) in [6.45, 7) is 4.48. The molecule has 0 saturated carbocycles. The first-order valence-corrected chi connectivity index (χ1v) is 8.02. The summed E-state index contributed by atoms with van der Waals surface area (Å²) in [5.41, 5.74) is 7.37. The Morgan fingerprint density at radius 1 is 1.15 bits per heavy atom. The zero-order valence-corrected chi connectivity index (χ0v) is 12.3.